The van der Waals surface area contributed by atoms with Crippen LogP contribution in [-0.4, -0.2) is 41.9 Å². The van der Waals surface area contributed by atoms with Gasteiger partial charge >= 0.3 is 0 Å². The SMILES string of the molecule is CN1CC(CN)CC1c1ccc(C(O)CO)cc1. The number of aliphatic hydroxyl groups excluding tert-OH is 2. The Hall–Kier alpha value is -0.940. The van der Waals surface area contributed by atoms with Gasteiger partial charge in [0.15, 0.2) is 0 Å². The average Bonchev–Trinajstić information content (AvgIpc) is 2.79. The summed E-state index contributed by atoms with van der Waals surface area (Å²) in [5.74, 6) is 0.572. The molecule has 0 radical (unpaired) electrons. The third kappa shape index (κ3) is 2.72. The smallest absolute Gasteiger partial charge is 0.102 e. The number of likely N-dealkylation sites (tertiary alicyclic amines) is 1. The van der Waals surface area contributed by atoms with Crippen LogP contribution in [-0.2, 0) is 0 Å². The number of hydrogen-bond donors (Lipinski definition) is 3. The number of benzene rings is 1. The lowest BCUT2D eigenvalue weighted by Crippen LogP contribution is -2.20. The Balaban J connectivity index is 2.10. The van der Waals surface area contributed by atoms with E-state index >= 15 is 0 Å². The highest BCUT2D eigenvalue weighted by Gasteiger charge is 2.29. The maximum absolute atomic E-state index is 9.54. The second-order valence-electron chi connectivity index (χ2n) is 5.16. The van der Waals surface area contributed by atoms with Gasteiger partial charge in [-0.1, -0.05) is 24.3 Å². The largest absolute Gasteiger partial charge is 0.393 e. The van der Waals surface area contributed by atoms with E-state index in [0.29, 0.717) is 12.0 Å². The Morgan fingerprint density at radius 1 is 1.39 bits per heavy atom. The summed E-state index contributed by atoms with van der Waals surface area (Å²) in [6, 6.07) is 8.27. The van der Waals surface area contributed by atoms with Gasteiger partial charge in [0.05, 0.1) is 6.61 Å². The van der Waals surface area contributed by atoms with Crippen LogP contribution in [0.1, 0.15) is 29.7 Å². The van der Waals surface area contributed by atoms with E-state index in [1.165, 1.54) is 5.56 Å². The fraction of sp³-hybridized carbons (Fsp3) is 0.571. The fourth-order valence-electron chi connectivity index (χ4n) is 2.71. The van der Waals surface area contributed by atoms with Gasteiger partial charge in [-0.2, -0.15) is 0 Å². The molecule has 1 fully saturated rings. The van der Waals surface area contributed by atoms with E-state index in [9.17, 15) is 5.11 Å². The van der Waals surface area contributed by atoms with Gasteiger partial charge in [0.2, 0.25) is 0 Å². The zero-order valence-electron chi connectivity index (χ0n) is 10.8. The number of nitrogens with two attached hydrogens (primary N) is 1. The molecule has 3 unspecified atom stereocenters. The van der Waals surface area contributed by atoms with Crippen molar-refractivity contribution < 1.29 is 10.2 Å². The van der Waals surface area contributed by atoms with Crippen molar-refractivity contribution in [1.29, 1.82) is 0 Å². The highest BCUT2D eigenvalue weighted by Crippen LogP contribution is 2.33. The molecule has 4 nitrogen and oxygen atoms in total. The lowest BCUT2D eigenvalue weighted by molar-refractivity contribution is 0.0956. The molecule has 0 aromatic heterocycles. The number of hydrogen-bond acceptors (Lipinski definition) is 4. The minimum Gasteiger partial charge on any atom is -0.393 e. The van der Waals surface area contributed by atoms with Crippen LogP contribution in [0.5, 0.6) is 0 Å². The summed E-state index contributed by atoms with van der Waals surface area (Å²) in [5, 5.41) is 18.4. The molecule has 1 saturated heterocycles. The van der Waals surface area contributed by atoms with Crippen LogP contribution >= 0.6 is 0 Å². The maximum Gasteiger partial charge on any atom is 0.102 e. The predicted octanol–water partition coefficient (Wildman–Crippen LogP) is 0.664. The lowest BCUT2D eigenvalue weighted by atomic mass is 9.98. The highest BCUT2D eigenvalue weighted by molar-refractivity contribution is 5.27. The lowest BCUT2D eigenvalue weighted by Gasteiger charge is -2.20. The Morgan fingerprint density at radius 3 is 2.56 bits per heavy atom. The van der Waals surface area contributed by atoms with Crippen LogP contribution < -0.4 is 5.73 Å². The molecule has 0 aliphatic carbocycles. The minimum atomic E-state index is -0.780. The van der Waals surface area contributed by atoms with Gasteiger partial charge in [0.25, 0.3) is 0 Å². The first-order valence-electron chi connectivity index (χ1n) is 6.44. The van der Waals surface area contributed by atoms with Gasteiger partial charge in [-0.3, -0.25) is 4.90 Å². The Morgan fingerprint density at radius 2 is 2.06 bits per heavy atom. The van der Waals surface area contributed by atoms with E-state index in [1.54, 1.807) is 0 Å². The van der Waals surface area contributed by atoms with Crippen molar-refractivity contribution >= 4 is 0 Å². The van der Waals surface area contributed by atoms with Gasteiger partial charge in [-0.15, -0.1) is 0 Å². The number of rotatable bonds is 4. The molecule has 4 heteroatoms. The molecule has 18 heavy (non-hydrogen) atoms. The topological polar surface area (TPSA) is 69.7 Å². The van der Waals surface area contributed by atoms with Crippen LogP contribution in [0.25, 0.3) is 0 Å². The van der Waals surface area contributed by atoms with Gasteiger partial charge in [-0.05, 0) is 37.1 Å². The van der Waals surface area contributed by atoms with Crippen LogP contribution in [0.2, 0.25) is 0 Å². The average molecular weight is 250 g/mol. The third-order valence-electron chi connectivity index (χ3n) is 3.85. The maximum atomic E-state index is 9.54. The van der Waals surface area contributed by atoms with Crippen LogP contribution in [0.15, 0.2) is 24.3 Å². The Kier molecular flexibility index (Phi) is 4.35. The van der Waals surface area contributed by atoms with E-state index in [0.717, 1.165) is 25.1 Å². The van der Waals surface area contributed by atoms with Crippen molar-refractivity contribution in [3.8, 4) is 0 Å². The summed E-state index contributed by atoms with van der Waals surface area (Å²) < 4.78 is 0. The van der Waals surface area contributed by atoms with Crippen molar-refractivity contribution in [2.75, 3.05) is 26.7 Å². The third-order valence-corrected chi connectivity index (χ3v) is 3.85. The monoisotopic (exact) mass is 250 g/mol. The molecule has 4 N–H and O–H groups in total. The summed E-state index contributed by atoms with van der Waals surface area (Å²) in [6.07, 6.45) is 0.312. The molecule has 3 atom stereocenters. The van der Waals surface area contributed by atoms with E-state index < -0.39 is 6.10 Å². The van der Waals surface area contributed by atoms with E-state index in [1.807, 2.05) is 24.3 Å². The van der Waals surface area contributed by atoms with Gasteiger partial charge in [0.1, 0.15) is 6.10 Å². The molecule has 1 aliphatic rings. The Bertz CT molecular complexity index is 380. The molecule has 1 aliphatic heterocycles. The number of aliphatic hydroxyl groups is 2. The van der Waals surface area contributed by atoms with Gasteiger partial charge < -0.3 is 15.9 Å². The zero-order chi connectivity index (χ0) is 13.1. The second-order valence-corrected chi connectivity index (χ2v) is 5.16. The summed E-state index contributed by atoms with van der Waals surface area (Å²) in [7, 11) is 2.12. The van der Waals surface area contributed by atoms with Crippen molar-refractivity contribution in [2.45, 2.75) is 18.6 Å². The van der Waals surface area contributed by atoms with Gasteiger partial charge in [0, 0.05) is 12.6 Å². The molecule has 0 saturated carbocycles. The normalized spacial score (nSPS) is 26.4. The van der Waals surface area contributed by atoms with Crippen molar-refractivity contribution in [3.63, 3.8) is 0 Å². The molecule has 0 spiro atoms. The first-order chi connectivity index (χ1) is 8.65. The first-order valence-corrected chi connectivity index (χ1v) is 6.44. The van der Waals surface area contributed by atoms with Crippen molar-refractivity contribution in [1.82, 2.24) is 4.90 Å². The van der Waals surface area contributed by atoms with Crippen LogP contribution in [0, 0.1) is 5.92 Å². The first kappa shape index (κ1) is 13.5. The van der Waals surface area contributed by atoms with E-state index in [2.05, 4.69) is 11.9 Å². The van der Waals surface area contributed by atoms with Crippen LogP contribution in [0.3, 0.4) is 0 Å². The van der Waals surface area contributed by atoms with Gasteiger partial charge in [-0.25, -0.2) is 0 Å². The second kappa shape index (κ2) is 5.80. The molecule has 1 heterocycles. The Labute approximate surface area is 108 Å². The quantitative estimate of drug-likeness (QED) is 0.734. The molecule has 100 valence electrons. The summed E-state index contributed by atoms with van der Waals surface area (Å²) in [5.41, 5.74) is 7.74. The molecule has 1 aromatic rings. The summed E-state index contributed by atoms with van der Waals surface area (Å²) >= 11 is 0. The molecule has 1 aromatic carbocycles. The highest BCUT2D eigenvalue weighted by atomic mass is 16.3. The van der Waals surface area contributed by atoms with Crippen LogP contribution in [0.4, 0.5) is 0 Å². The summed E-state index contributed by atoms with van der Waals surface area (Å²) in [6.45, 7) is 1.54. The fourth-order valence-corrected chi connectivity index (χ4v) is 2.71. The predicted molar refractivity (Wildman–Crippen MR) is 71.0 cm³/mol. The number of nitrogens with zero attached hydrogens (tertiary/aromatic N) is 1. The van der Waals surface area contributed by atoms with Crippen molar-refractivity contribution in [2.24, 2.45) is 11.7 Å². The summed E-state index contributed by atoms with van der Waals surface area (Å²) in [4.78, 5) is 2.33. The molecule has 2 rings (SSSR count). The van der Waals surface area contributed by atoms with E-state index in [-0.39, 0.29) is 6.61 Å². The molecule has 0 amide bonds. The molecule has 0 bridgehead atoms. The van der Waals surface area contributed by atoms with E-state index in [4.69, 9.17) is 10.8 Å². The zero-order valence-corrected chi connectivity index (χ0v) is 10.8. The molecular weight excluding hydrogens is 228 g/mol. The van der Waals surface area contributed by atoms with Crippen molar-refractivity contribution in [3.05, 3.63) is 35.4 Å². The standard InChI is InChI=1S/C14H22N2O2/c1-16-8-10(7-15)6-13(16)11-2-4-12(5-3-11)14(18)9-17/h2-5,10,13-14,17-18H,6-9,15H2,1H3. The molecular formula is C14H22N2O2. The minimum absolute atomic E-state index is 0.238.